The molecule has 0 unspecified atom stereocenters. The maximum absolute atomic E-state index is 3.80. The molecule has 1 aromatic carbocycles. The van der Waals surface area contributed by atoms with Gasteiger partial charge in [-0.1, -0.05) is 31.2 Å². The molecule has 1 heteroatoms. The van der Waals surface area contributed by atoms with Gasteiger partial charge in [-0.3, -0.25) is 4.90 Å². The quantitative estimate of drug-likeness (QED) is 0.680. The molecule has 0 amide bonds. The monoisotopic (exact) mass is 201 g/mol. The third kappa shape index (κ3) is 2.29. The topological polar surface area (TPSA) is 3.24 Å². The predicted octanol–water partition coefficient (Wildman–Crippen LogP) is 2.79. The van der Waals surface area contributed by atoms with Crippen LogP contribution in [-0.2, 0) is 19.4 Å². The Hall–Kier alpha value is -1.08. The summed E-state index contributed by atoms with van der Waals surface area (Å²) in [7, 11) is 0. The lowest BCUT2D eigenvalue weighted by Crippen LogP contribution is -2.30. The Morgan fingerprint density at radius 2 is 2.27 bits per heavy atom. The second kappa shape index (κ2) is 4.63. The third-order valence-electron chi connectivity index (χ3n) is 3.16. The van der Waals surface area contributed by atoms with Gasteiger partial charge in [-0.25, -0.2) is 0 Å². The van der Waals surface area contributed by atoms with Gasteiger partial charge < -0.3 is 0 Å². The van der Waals surface area contributed by atoms with Crippen LogP contribution in [0.25, 0.3) is 0 Å². The second-order valence-corrected chi connectivity index (χ2v) is 4.23. The molecule has 0 spiro atoms. The zero-order chi connectivity index (χ0) is 10.7. The van der Waals surface area contributed by atoms with E-state index in [0.29, 0.717) is 0 Å². The Labute approximate surface area is 92.4 Å². The van der Waals surface area contributed by atoms with E-state index in [2.05, 4.69) is 36.6 Å². The Morgan fingerprint density at radius 1 is 1.40 bits per heavy atom. The molecule has 80 valence electrons. The molecule has 1 heterocycles. The van der Waals surface area contributed by atoms with E-state index < -0.39 is 0 Å². The summed E-state index contributed by atoms with van der Waals surface area (Å²) < 4.78 is 0. The first-order chi connectivity index (χ1) is 7.33. The number of aryl methyl sites for hydroxylation is 1. The van der Waals surface area contributed by atoms with Crippen LogP contribution in [0.3, 0.4) is 0 Å². The van der Waals surface area contributed by atoms with Crippen molar-refractivity contribution in [3.63, 3.8) is 0 Å². The normalized spacial score (nSPS) is 16.1. The van der Waals surface area contributed by atoms with Gasteiger partial charge in [0.15, 0.2) is 0 Å². The molecule has 1 aliphatic rings. The molecule has 1 aromatic rings. The standard InChI is InChI=1S/C14H19N/c1-3-8-15-9-7-13-10-12(4-2)5-6-14(13)11-15/h3,5-6,10H,1,4,7-9,11H2,2H3. The van der Waals surface area contributed by atoms with Crippen LogP contribution < -0.4 is 0 Å². The van der Waals surface area contributed by atoms with Crippen LogP contribution in [0.1, 0.15) is 23.6 Å². The van der Waals surface area contributed by atoms with Gasteiger partial charge >= 0.3 is 0 Å². The first-order valence-corrected chi connectivity index (χ1v) is 5.77. The van der Waals surface area contributed by atoms with Crippen LogP contribution in [0.15, 0.2) is 30.9 Å². The summed E-state index contributed by atoms with van der Waals surface area (Å²) in [5.41, 5.74) is 4.51. The molecule has 0 aliphatic carbocycles. The van der Waals surface area contributed by atoms with Crippen molar-refractivity contribution in [1.82, 2.24) is 4.90 Å². The van der Waals surface area contributed by atoms with Crippen molar-refractivity contribution in [2.75, 3.05) is 13.1 Å². The highest BCUT2D eigenvalue weighted by Crippen LogP contribution is 2.20. The van der Waals surface area contributed by atoms with Gasteiger partial charge in [0.2, 0.25) is 0 Å². The number of nitrogens with zero attached hydrogens (tertiary/aromatic N) is 1. The lowest BCUT2D eigenvalue weighted by molar-refractivity contribution is 0.282. The summed E-state index contributed by atoms with van der Waals surface area (Å²) in [5, 5.41) is 0. The smallest absolute Gasteiger partial charge is 0.0239 e. The van der Waals surface area contributed by atoms with Crippen molar-refractivity contribution in [2.24, 2.45) is 0 Å². The van der Waals surface area contributed by atoms with E-state index in [1.54, 1.807) is 5.56 Å². The van der Waals surface area contributed by atoms with E-state index in [1.807, 2.05) is 6.08 Å². The Morgan fingerprint density at radius 3 is 3.00 bits per heavy atom. The van der Waals surface area contributed by atoms with Crippen LogP contribution in [-0.4, -0.2) is 18.0 Å². The van der Waals surface area contributed by atoms with Gasteiger partial charge in [0.1, 0.15) is 0 Å². The van der Waals surface area contributed by atoms with Crippen LogP contribution in [0.4, 0.5) is 0 Å². The summed E-state index contributed by atoms with van der Waals surface area (Å²) >= 11 is 0. The minimum atomic E-state index is 1.01. The van der Waals surface area contributed by atoms with Crippen molar-refractivity contribution in [1.29, 1.82) is 0 Å². The third-order valence-corrected chi connectivity index (χ3v) is 3.16. The van der Waals surface area contributed by atoms with E-state index in [0.717, 1.165) is 19.5 Å². The predicted molar refractivity (Wildman–Crippen MR) is 65.0 cm³/mol. The van der Waals surface area contributed by atoms with Crippen molar-refractivity contribution >= 4 is 0 Å². The molecule has 2 rings (SSSR count). The second-order valence-electron chi connectivity index (χ2n) is 4.23. The van der Waals surface area contributed by atoms with E-state index in [-0.39, 0.29) is 0 Å². The Kier molecular flexibility index (Phi) is 3.22. The fourth-order valence-electron chi connectivity index (χ4n) is 2.22. The fourth-order valence-corrected chi connectivity index (χ4v) is 2.22. The zero-order valence-corrected chi connectivity index (χ0v) is 9.50. The number of hydrogen-bond donors (Lipinski definition) is 0. The summed E-state index contributed by atoms with van der Waals surface area (Å²) in [4.78, 5) is 2.45. The minimum Gasteiger partial charge on any atom is -0.295 e. The molecule has 0 saturated heterocycles. The molecule has 0 atom stereocenters. The maximum atomic E-state index is 3.80. The Balaban J connectivity index is 2.17. The molecule has 0 bridgehead atoms. The minimum absolute atomic E-state index is 1.01. The van der Waals surface area contributed by atoms with Gasteiger partial charge in [-0.2, -0.15) is 0 Å². The summed E-state index contributed by atoms with van der Waals surface area (Å²) in [6, 6.07) is 6.93. The molecule has 0 fully saturated rings. The highest BCUT2D eigenvalue weighted by molar-refractivity contribution is 5.33. The first kappa shape index (κ1) is 10.4. The molecule has 15 heavy (non-hydrogen) atoms. The van der Waals surface area contributed by atoms with Crippen LogP contribution in [0.5, 0.6) is 0 Å². The first-order valence-electron chi connectivity index (χ1n) is 5.77. The van der Waals surface area contributed by atoms with Crippen LogP contribution >= 0.6 is 0 Å². The van der Waals surface area contributed by atoms with Crippen molar-refractivity contribution in [2.45, 2.75) is 26.3 Å². The van der Waals surface area contributed by atoms with E-state index in [4.69, 9.17) is 0 Å². The van der Waals surface area contributed by atoms with Gasteiger partial charge in [0, 0.05) is 19.6 Å². The fraction of sp³-hybridized carbons (Fsp3) is 0.429. The molecule has 1 nitrogen and oxygen atoms in total. The van der Waals surface area contributed by atoms with Gasteiger partial charge in [0.25, 0.3) is 0 Å². The van der Waals surface area contributed by atoms with Gasteiger partial charge in [0.05, 0.1) is 0 Å². The number of benzene rings is 1. The average molecular weight is 201 g/mol. The molecule has 0 N–H and O–H groups in total. The average Bonchev–Trinajstić information content (AvgIpc) is 2.29. The number of hydrogen-bond acceptors (Lipinski definition) is 1. The SMILES string of the molecule is C=CCN1CCc2cc(CC)ccc2C1. The summed E-state index contributed by atoms with van der Waals surface area (Å²) in [6.45, 7) is 9.28. The summed E-state index contributed by atoms with van der Waals surface area (Å²) in [6.07, 6.45) is 4.33. The molecule has 1 aliphatic heterocycles. The molecular formula is C14H19N. The highest BCUT2D eigenvalue weighted by atomic mass is 15.1. The largest absolute Gasteiger partial charge is 0.295 e. The van der Waals surface area contributed by atoms with Crippen molar-refractivity contribution < 1.29 is 0 Å². The lowest BCUT2D eigenvalue weighted by Gasteiger charge is -2.28. The van der Waals surface area contributed by atoms with E-state index in [1.165, 1.54) is 24.1 Å². The van der Waals surface area contributed by atoms with E-state index >= 15 is 0 Å². The summed E-state index contributed by atoms with van der Waals surface area (Å²) in [5.74, 6) is 0. The molecule has 0 saturated carbocycles. The van der Waals surface area contributed by atoms with Crippen molar-refractivity contribution in [3.05, 3.63) is 47.5 Å². The molecule has 0 aromatic heterocycles. The van der Waals surface area contributed by atoms with Crippen molar-refractivity contribution in [3.8, 4) is 0 Å². The zero-order valence-electron chi connectivity index (χ0n) is 9.50. The molecular weight excluding hydrogens is 182 g/mol. The Bertz CT molecular complexity index is 354. The molecule has 0 radical (unpaired) electrons. The number of rotatable bonds is 3. The highest BCUT2D eigenvalue weighted by Gasteiger charge is 2.14. The maximum Gasteiger partial charge on any atom is 0.0239 e. The van der Waals surface area contributed by atoms with Gasteiger partial charge in [-0.15, -0.1) is 6.58 Å². The lowest BCUT2D eigenvalue weighted by atomic mass is 9.96. The van der Waals surface area contributed by atoms with Crippen LogP contribution in [0.2, 0.25) is 0 Å². The van der Waals surface area contributed by atoms with Crippen LogP contribution in [0, 0.1) is 0 Å². The van der Waals surface area contributed by atoms with E-state index in [9.17, 15) is 0 Å². The van der Waals surface area contributed by atoms with Gasteiger partial charge in [-0.05, 0) is 29.5 Å². The number of fused-ring (bicyclic) bond motifs is 1.